The summed E-state index contributed by atoms with van der Waals surface area (Å²) in [6.07, 6.45) is 3.46. The van der Waals surface area contributed by atoms with Gasteiger partial charge < -0.3 is 15.0 Å². The molecule has 0 radical (unpaired) electrons. The van der Waals surface area contributed by atoms with Crippen LogP contribution in [0.15, 0.2) is 24.3 Å². The normalized spacial score (nSPS) is 28.6. The van der Waals surface area contributed by atoms with E-state index in [1.54, 1.807) is 0 Å². The van der Waals surface area contributed by atoms with Gasteiger partial charge in [0.15, 0.2) is 0 Å². The molecule has 2 saturated heterocycles. The highest BCUT2D eigenvalue weighted by Crippen LogP contribution is 2.36. The number of carbonyl (C=O) groups excluding carboxylic acids is 2. The molecule has 1 aromatic rings. The molecule has 3 heterocycles. The first-order valence-electron chi connectivity index (χ1n) is 8.21. The number of carbonyl (C=O) groups is 2. The summed E-state index contributed by atoms with van der Waals surface area (Å²) in [6.45, 7) is 0.264. The summed E-state index contributed by atoms with van der Waals surface area (Å²) in [7, 11) is 2.15. The number of piperidine rings is 1. The second kappa shape index (κ2) is 6.61. The van der Waals surface area contributed by atoms with Gasteiger partial charge in [-0.1, -0.05) is 18.2 Å². The lowest BCUT2D eigenvalue weighted by Crippen LogP contribution is -2.47. The summed E-state index contributed by atoms with van der Waals surface area (Å²) in [4.78, 5) is 28.1. The molecule has 2 atom stereocenters. The fourth-order valence-electron chi connectivity index (χ4n) is 4.02. The van der Waals surface area contributed by atoms with Crippen LogP contribution in [-0.4, -0.2) is 47.2 Å². The van der Waals surface area contributed by atoms with Gasteiger partial charge in [-0.3, -0.25) is 0 Å². The Bertz CT molecular complexity index is 640. The Morgan fingerprint density at radius 1 is 1.21 bits per heavy atom. The third-order valence-corrected chi connectivity index (χ3v) is 5.38. The maximum Gasteiger partial charge on any atom is 0.418 e. The van der Waals surface area contributed by atoms with E-state index in [0.717, 1.165) is 29.0 Å². The van der Waals surface area contributed by atoms with Crippen LogP contribution in [0, 0.1) is 0 Å². The number of halogens is 1. The molecule has 24 heavy (non-hydrogen) atoms. The minimum Gasteiger partial charge on any atom is -0.446 e. The summed E-state index contributed by atoms with van der Waals surface area (Å²) in [5.74, 6) is 0. The summed E-state index contributed by atoms with van der Waals surface area (Å²) < 4.78 is 5.64. The second-order valence-electron chi connectivity index (χ2n) is 6.70. The minimum absolute atomic E-state index is 0. The van der Waals surface area contributed by atoms with Crippen molar-refractivity contribution in [2.24, 2.45) is 0 Å². The first-order valence-corrected chi connectivity index (χ1v) is 8.21. The number of nitrogens with zero attached hydrogens (tertiary/aromatic N) is 2. The van der Waals surface area contributed by atoms with Crippen LogP contribution in [-0.2, 0) is 11.3 Å². The molecule has 1 N–H and O–H groups in total. The maximum absolute atomic E-state index is 12.4. The molecule has 0 aliphatic carbocycles. The number of fused-ring (bicyclic) bond motifs is 3. The lowest BCUT2D eigenvalue weighted by atomic mass is 10.0. The largest absolute Gasteiger partial charge is 0.446 e. The van der Waals surface area contributed by atoms with Crippen LogP contribution in [0.1, 0.15) is 31.2 Å². The van der Waals surface area contributed by atoms with Crippen molar-refractivity contribution < 1.29 is 14.3 Å². The van der Waals surface area contributed by atoms with E-state index < -0.39 is 12.1 Å². The van der Waals surface area contributed by atoms with Crippen LogP contribution >= 0.6 is 12.4 Å². The van der Waals surface area contributed by atoms with Gasteiger partial charge in [0.25, 0.3) is 0 Å². The van der Waals surface area contributed by atoms with Crippen molar-refractivity contribution in [2.75, 3.05) is 12.4 Å². The van der Waals surface area contributed by atoms with Crippen molar-refractivity contribution in [3.63, 3.8) is 0 Å². The maximum atomic E-state index is 12.4. The van der Waals surface area contributed by atoms with Gasteiger partial charge in [-0.05, 0) is 31.5 Å². The molecule has 0 saturated carbocycles. The zero-order chi connectivity index (χ0) is 16.0. The van der Waals surface area contributed by atoms with E-state index in [-0.39, 0.29) is 25.1 Å². The Hall–Kier alpha value is -1.79. The van der Waals surface area contributed by atoms with Crippen molar-refractivity contribution in [1.82, 2.24) is 9.80 Å². The third kappa shape index (κ3) is 2.96. The molecule has 0 aromatic heterocycles. The Balaban J connectivity index is 0.00000169. The van der Waals surface area contributed by atoms with Gasteiger partial charge in [0.05, 0.1) is 6.54 Å². The molecule has 2 fully saturated rings. The van der Waals surface area contributed by atoms with Gasteiger partial charge in [-0.15, -0.1) is 12.4 Å². The number of nitrogens with one attached hydrogen (secondary N) is 1. The summed E-state index contributed by atoms with van der Waals surface area (Å²) in [5, 5.41) is 2.74. The molecular formula is C17H22ClN3O3. The number of anilines is 1. The molecule has 1 aromatic carbocycles. The molecule has 7 heteroatoms. The zero-order valence-electron chi connectivity index (χ0n) is 13.6. The van der Waals surface area contributed by atoms with Crippen LogP contribution in [0.4, 0.5) is 15.3 Å². The van der Waals surface area contributed by atoms with Crippen LogP contribution in [0.25, 0.3) is 0 Å². The number of imide groups is 1. The van der Waals surface area contributed by atoms with Crippen LogP contribution in [0.2, 0.25) is 0 Å². The average Bonchev–Trinajstić information content (AvgIpc) is 2.75. The fraction of sp³-hybridized carbons (Fsp3) is 0.529. The number of ether oxygens (including phenoxy) is 1. The van der Waals surface area contributed by atoms with Crippen molar-refractivity contribution in [2.45, 2.75) is 50.4 Å². The molecule has 6 nitrogen and oxygen atoms in total. The number of hydrogen-bond acceptors (Lipinski definition) is 4. The molecule has 3 aliphatic heterocycles. The van der Waals surface area contributed by atoms with E-state index in [9.17, 15) is 9.59 Å². The minimum atomic E-state index is -0.536. The van der Waals surface area contributed by atoms with Gasteiger partial charge in [0.1, 0.15) is 6.10 Å². The van der Waals surface area contributed by atoms with E-state index in [1.165, 1.54) is 12.8 Å². The van der Waals surface area contributed by atoms with Gasteiger partial charge in [0.2, 0.25) is 0 Å². The quantitative estimate of drug-likeness (QED) is 0.843. The smallest absolute Gasteiger partial charge is 0.418 e. The van der Waals surface area contributed by atoms with E-state index in [0.29, 0.717) is 12.1 Å². The van der Waals surface area contributed by atoms with Crippen molar-refractivity contribution in [3.8, 4) is 0 Å². The molecule has 3 amide bonds. The SMILES string of the molecule is CN1[C@@H]2CC[C@@H]1CC(OC(=O)N1Cc3ccccc3NC1=O)C2.Cl. The molecule has 130 valence electrons. The lowest BCUT2D eigenvalue weighted by Gasteiger charge is -2.36. The molecular weight excluding hydrogens is 330 g/mol. The lowest BCUT2D eigenvalue weighted by molar-refractivity contribution is 0.0153. The van der Waals surface area contributed by atoms with Crippen molar-refractivity contribution in [3.05, 3.63) is 29.8 Å². The average molecular weight is 352 g/mol. The Morgan fingerprint density at radius 3 is 2.58 bits per heavy atom. The first-order chi connectivity index (χ1) is 11.1. The third-order valence-electron chi connectivity index (χ3n) is 5.38. The number of para-hydroxylation sites is 1. The van der Waals surface area contributed by atoms with E-state index in [1.807, 2.05) is 24.3 Å². The monoisotopic (exact) mass is 351 g/mol. The number of hydrogen-bond donors (Lipinski definition) is 1. The topological polar surface area (TPSA) is 61.9 Å². The van der Waals surface area contributed by atoms with Gasteiger partial charge in [-0.25, -0.2) is 14.5 Å². The Labute approximate surface area is 147 Å². The van der Waals surface area contributed by atoms with Crippen LogP contribution in [0.3, 0.4) is 0 Å². The fourth-order valence-corrected chi connectivity index (χ4v) is 4.02. The van der Waals surface area contributed by atoms with Crippen molar-refractivity contribution >= 4 is 30.2 Å². The number of benzene rings is 1. The van der Waals surface area contributed by atoms with E-state index in [2.05, 4.69) is 17.3 Å². The van der Waals surface area contributed by atoms with Crippen LogP contribution in [0.5, 0.6) is 0 Å². The summed E-state index contributed by atoms with van der Waals surface area (Å²) in [6, 6.07) is 8.10. The van der Waals surface area contributed by atoms with Crippen molar-refractivity contribution in [1.29, 1.82) is 0 Å². The second-order valence-corrected chi connectivity index (χ2v) is 6.70. The van der Waals surface area contributed by atoms with Gasteiger partial charge >= 0.3 is 12.1 Å². The molecule has 2 bridgehead atoms. The van der Waals surface area contributed by atoms with E-state index in [4.69, 9.17) is 4.74 Å². The molecule has 3 aliphatic rings. The van der Waals surface area contributed by atoms with Gasteiger partial charge in [-0.2, -0.15) is 0 Å². The molecule has 0 unspecified atom stereocenters. The van der Waals surface area contributed by atoms with Crippen LogP contribution < -0.4 is 5.32 Å². The highest BCUT2D eigenvalue weighted by atomic mass is 35.5. The summed E-state index contributed by atoms with van der Waals surface area (Å²) >= 11 is 0. The zero-order valence-corrected chi connectivity index (χ0v) is 14.4. The molecule has 0 spiro atoms. The highest BCUT2D eigenvalue weighted by Gasteiger charge is 2.41. The first kappa shape index (κ1) is 17.0. The standard InChI is InChI=1S/C17H21N3O3.ClH/c1-19-12-6-7-13(19)9-14(8-12)23-17(22)20-10-11-4-2-3-5-15(11)18-16(20)21;/h2-5,12-14H,6-10H2,1H3,(H,18,21);1H/t12-,13-;/m1./s1. The number of rotatable bonds is 1. The highest BCUT2D eigenvalue weighted by molar-refractivity contribution is 6.01. The predicted molar refractivity (Wildman–Crippen MR) is 92.3 cm³/mol. The predicted octanol–water partition coefficient (Wildman–Crippen LogP) is 3.22. The van der Waals surface area contributed by atoms with E-state index >= 15 is 0 Å². The Kier molecular flexibility index (Phi) is 4.69. The summed E-state index contributed by atoms with van der Waals surface area (Å²) in [5.41, 5.74) is 1.69. The van der Waals surface area contributed by atoms with Gasteiger partial charge in [0, 0.05) is 30.6 Å². The Morgan fingerprint density at radius 2 is 1.88 bits per heavy atom. The molecule has 4 rings (SSSR count). The number of urea groups is 1. The number of amides is 3.